The van der Waals surface area contributed by atoms with E-state index >= 15 is 0 Å². The van der Waals surface area contributed by atoms with Crippen molar-refractivity contribution in [2.45, 2.75) is 13.3 Å². The fourth-order valence-electron chi connectivity index (χ4n) is 0.990. The summed E-state index contributed by atoms with van der Waals surface area (Å²) in [5, 5.41) is 0.156. The second-order valence-corrected chi connectivity index (χ2v) is 3.31. The van der Waals surface area contributed by atoms with Crippen molar-refractivity contribution in [1.29, 1.82) is 0 Å². The minimum Gasteiger partial charge on any atom is -0.486 e. The Morgan fingerprint density at radius 2 is 2.20 bits per heavy atom. The van der Waals surface area contributed by atoms with Gasteiger partial charge in [0.2, 0.25) is 0 Å². The van der Waals surface area contributed by atoms with Crippen LogP contribution in [0.4, 0.5) is 8.78 Å². The highest BCUT2D eigenvalue weighted by atomic mass is 35.5. The molecule has 0 radical (unpaired) electrons. The number of carbonyl (C=O) groups excluding carboxylic acids is 1. The zero-order valence-electron chi connectivity index (χ0n) is 7.97. The maximum Gasteiger partial charge on any atom is 0.272 e. The molecule has 0 aliphatic carbocycles. The number of hydrogen-bond acceptors (Lipinski definition) is 2. The van der Waals surface area contributed by atoms with Crippen LogP contribution in [0.5, 0.6) is 5.75 Å². The highest BCUT2D eigenvalue weighted by Gasteiger charge is 2.08. The number of hydrogen-bond donors (Lipinski definition) is 0. The van der Waals surface area contributed by atoms with Crippen LogP contribution in [0.1, 0.15) is 17.3 Å². The number of carbonyl (C=O) groups is 1. The molecule has 2 nitrogen and oxygen atoms in total. The number of alkyl halides is 2. The van der Waals surface area contributed by atoms with E-state index in [0.29, 0.717) is 5.56 Å². The van der Waals surface area contributed by atoms with Gasteiger partial charge in [0.1, 0.15) is 12.4 Å². The molecular weight excluding hydrogens is 226 g/mol. The van der Waals surface area contributed by atoms with Crippen molar-refractivity contribution in [2.75, 3.05) is 6.61 Å². The van der Waals surface area contributed by atoms with E-state index in [1.54, 1.807) is 0 Å². The van der Waals surface area contributed by atoms with Crippen LogP contribution in [0, 0.1) is 0 Å². The summed E-state index contributed by atoms with van der Waals surface area (Å²) < 4.78 is 28.4. The summed E-state index contributed by atoms with van der Waals surface area (Å²) in [6, 6.07) is 4.28. The molecule has 1 aromatic rings. The van der Waals surface area contributed by atoms with E-state index in [1.807, 2.05) is 0 Å². The first-order valence-corrected chi connectivity index (χ1v) is 4.60. The van der Waals surface area contributed by atoms with Crippen LogP contribution in [0.15, 0.2) is 18.2 Å². The third kappa shape index (κ3) is 3.47. The van der Waals surface area contributed by atoms with Crippen molar-refractivity contribution in [3.8, 4) is 5.75 Å². The third-order valence-electron chi connectivity index (χ3n) is 1.70. The van der Waals surface area contributed by atoms with Crippen LogP contribution in [-0.2, 0) is 0 Å². The van der Waals surface area contributed by atoms with Gasteiger partial charge in [-0.3, -0.25) is 4.79 Å². The van der Waals surface area contributed by atoms with Gasteiger partial charge in [-0.1, -0.05) is 11.6 Å². The zero-order valence-corrected chi connectivity index (χ0v) is 8.72. The average molecular weight is 235 g/mol. The lowest BCUT2D eigenvalue weighted by Gasteiger charge is -2.07. The van der Waals surface area contributed by atoms with Crippen molar-refractivity contribution < 1.29 is 18.3 Å². The highest BCUT2D eigenvalue weighted by molar-refractivity contribution is 6.32. The van der Waals surface area contributed by atoms with E-state index in [9.17, 15) is 13.6 Å². The first kappa shape index (κ1) is 11.9. The molecule has 1 aromatic carbocycles. The lowest BCUT2D eigenvalue weighted by atomic mass is 10.1. The lowest BCUT2D eigenvalue weighted by Crippen LogP contribution is -2.07. The van der Waals surface area contributed by atoms with Gasteiger partial charge in [0, 0.05) is 5.56 Å². The van der Waals surface area contributed by atoms with E-state index < -0.39 is 13.0 Å². The second-order valence-electron chi connectivity index (χ2n) is 2.90. The van der Waals surface area contributed by atoms with E-state index in [4.69, 9.17) is 16.3 Å². The molecule has 1 rings (SSSR count). The minimum absolute atomic E-state index is 0.141. The Morgan fingerprint density at radius 1 is 1.53 bits per heavy atom. The predicted molar refractivity (Wildman–Crippen MR) is 53.0 cm³/mol. The SMILES string of the molecule is CC(=O)c1ccc(OCC(F)F)c(Cl)c1. The van der Waals surface area contributed by atoms with Crippen LogP contribution in [0.3, 0.4) is 0 Å². The molecule has 0 aromatic heterocycles. The molecule has 0 aliphatic heterocycles. The highest BCUT2D eigenvalue weighted by Crippen LogP contribution is 2.25. The standard InChI is InChI=1S/C10H9ClF2O2/c1-6(14)7-2-3-9(8(11)4-7)15-5-10(12)13/h2-4,10H,5H2,1H3. The molecule has 82 valence electrons. The van der Waals surface area contributed by atoms with E-state index in [1.165, 1.54) is 25.1 Å². The van der Waals surface area contributed by atoms with Gasteiger partial charge in [-0.25, -0.2) is 8.78 Å². The Balaban J connectivity index is 2.79. The van der Waals surface area contributed by atoms with Crippen LogP contribution < -0.4 is 4.74 Å². The molecule has 0 fully saturated rings. The summed E-state index contributed by atoms with van der Waals surface area (Å²) in [6.45, 7) is 0.685. The van der Waals surface area contributed by atoms with Gasteiger partial charge in [0.05, 0.1) is 5.02 Å². The number of Topliss-reactive ketones (excluding diaryl/α,β-unsaturated/α-hetero) is 1. The number of ketones is 1. The summed E-state index contributed by atoms with van der Waals surface area (Å²) in [5.74, 6) is 0.0132. The normalized spacial score (nSPS) is 10.5. The molecule has 0 N–H and O–H groups in total. The van der Waals surface area contributed by atoms with Crippen molar-refractivity contribution in [2.24, 2.45) is 0 Å². The predicted octanol–water partition coefficient (Wildman–Crippen LogP) is 3.19. The summed E-state index contributed by atoms with van der Waals surface area (Å²) in [7, 11) is 0. The molecule has 0 aliphatic rings. The Kier molecular flexibility index (Phi) is 4.03. The second kappa shape index (κ2) is 5.07. The van der Waals surface area contributed by atoms with Crippen molar-refractivity contribution in [1.82, 2.24) is 0 Å². The van der Waals surface area contributed by atoms with Gasteiger partial charge in [0.25, 0.3) is 6.43 Å². The molecule has 0 atom stereocenters. The largest absolute Gasteiger partial charge is 0.486 e. The van der Waals surface area contributed by atoms with Crippen molar-refractivity contribution in [3.05, 3.63) is 28.8 Å². The van der Waals surface area contributed by atoms with Crippen molar-refractivity contribution in [3.63, 3.8) is 0 Å². The first-order valence-electron chi connectivity index (χ1n) is 4.22. The van der Waals surface area contributed by atoms with Gasteiger partial charge >= 0.3 is 0 Å². The molecule has 0 bridgehead atoms. The molecule has 0 heterocycles. The fourth-order valence-corrected chi connectivity index (χ4v) is 1.22. The van der Waals surface area contributed by atoms with E-state index in [2.05, 4.69) is 0 Å². The summed E-state index contributed by atoms with van der Waals surface area (Å²) in [6.07, 6.45) is -2.55. The van der Waals surface area contributed by atoms with E-state index in [-0.39, 0.29) is 16.6 Å². The van der Waals surface area contributed by atoms with Crippen LogP contribution in [-0.4, -0.2) is 18.8 Å². The minimum atomic E-state index is -2.55. The van der Waals surface area contributed by atoms with Crippen LogP contribution in [0.25, 0.3) is 0 Å². The summed E-state index contributed by atoms with van der Waals surface area (Å²) in [4.78, 5) is 11.0. The maximum absolute atomic E-state index is 11.8. The molecular formula is C10H9ClF2O2. The van der Waals surface area contributed by atoms with Crippen molar-refractivity contribution >= 4 is 17.4 Å². The van der Waals surface area contributed by atoms with Gasteiger partial charge in [-0.15, -0.1) is 0 Å². The van der Waals surface area contributed by atoms with E-state index in [0.717, 1.165) is 0 Å². The van der Waals surface area contributed by atoms with Gasteiger partial charge < -0.3 is 4.74 Å². The Labute approximate surface area is 90.8 Å². The molecule has 15 heavy (non-hydrogen) atoms. The molecule has 0 saturated carbocycles. The Morgan fingerprint density at radius 3 is 2.67 bits per heavy atom. The Hall–Kier alpha value is -1.16. The topological polar surface area (TPSA) is 26.3 Å². The maximum atomic E-state index is 11.8. The quantitative estimate of drug-likeness (QED) is 0.748. The number of ether oxygens (including phenoxy) is 1. The summed E-state index contributed by atoms with van der Waals surface area (Å²) in [5.41, 5.74) is 0.421. The smallest absolute Gasteiger partial charge is 0.272 e. The van der Waals surface area contributed by atoms with Crippen LogP contribution >= 0.6 is 11.6 Å². The van der Waals surface area contributed by atoms with Gasteiger partial charge in [-0.05, 0) is 25.1 Å². The average Bonchev–Trinajstić information content (AvgIpc) is 2.15. The zero-order chi connectivity index (χ0) is 11.4. The first-order chi connectivity index (χ1) is 7.00. The molecule has 0 saturated heterocycles. The number of benzene rings is 1. The van der Waals surface area contributed by atoms with Crippen LogP contribution in [0.2, 0.25) is 5.02 Å². The Bertz CT molecular complexity index is 366. The molecule has 5 heteroatoms. The number of halogens is 3. The third-order valence-corrected chi connectivity index (χ3v) is 2.00. The van der Waals surface area contributed by atoms with Gasteiger partial charge in [0.15, 0.2) is 5.78 Å². The number of rotatable bonds is 4. The molecule has 0 amide bonds. The lowest BCUT2D eigenvalue weighted by molar-refractivity contribution is 0.0819. The molecule has 0 unspecified atom stereocenters. The molecule has 0 spiro atoms. The monoisotopic (exact) mass is 234 g/mol. The fraction of sp³-hybridized carbons (Fsp3) is 0.300. The summed E-state index contributed by atoms with van der Waals surface area (Å²) >= 11 is 5.73. The van der Waals surface area contributed by atoms with Gasteiger partial charge in [-0.2, -0.15) is 0 Å².